The predicted molar refractivity (Wildman–Crippen MR) is 90.1 cm³/mol. The average Bonchev–Trinajstić information content (AvgIpc) is 2.53. The minimum absolute atomic E-state index is 0.0201. The molecular formula is C17H16ClFN2O3. The number of carbonyl (C=O) groups is 2. The molecule has 2 aromatic carbocycles. The molecule has 0 saturated carbocycles. The van der Waals surface area contributed by atoms with Gasteiger partial charge < -0.3 is 15.4 Å². The van der Waals surface area contributed by atoms with Gasteiger partial charge in [0.15, 0.2) is 0 Å². The van der Waals surface area contributed by atoms with Crippen LogP contribution in [0.25, 0.3) is 0 Å². The lowest BCUT2D eigenvalue weighted by atomic mass is 10.2. The molecule has 5 nitrogen and oxygen atoms in total. The number of halogens is 2. The lowest BCUT2D eigenvalue weighted by molar-refractivity contribution is -0.115. The summed E-state index contributed by atoms with van der Waals surface area (Å²) in [5.41, 5.74) is 1.13. The minimum atomic E-state index is -0.760. The highest BCUT2D eigenvalue weighted by molar-refractivity contribution is 6.33. The van der Waals surface area contributed by atoms with Crippen molar-refractivity contribution in [1.82, 2.24) is 5.32 Å². The normalized spacial score (nSPS) is 10.2. The monoisotopic (exact) mass is 350 g/mol. The molecule has 0 bridgehead atoms. The first-order valence-corrected chi connectivity index (χ1v) is 7.47. The number of rotatable bonds is 5. The fraction of sp³-hybridized carbons (Fsp3) is 0.176. The van der Waals surface area contributed by atoms with E-state index in [0.717, 1.165) is 11.6 Å². The third-order valence-electron chi connectivity index (χ3n) is 3.23. The maximum atomic E-state index is 13.7. The molecule has 0 aromatic heterocycles. The molecule has 0 unspecified atom stereocenters. The molecule has 126 valence electrons. The Morgan fingerprint density at radius 3 is 2.67 bits per heavy atom. The summed E-state index contributed by atoms with van der Waals surface area (Å²) in [6, 6.07) is 9.23. The molecule has 0 aliphatic carbocycles. The molecule has 0 atom stereocenters. The Morgan fingerprint density at radius 2 is 2.00 bits per heavy atom. The van der Waals surface area contributed by atoms with E-state index in [1.165, 1.54) is 19.2 Å². The summed E-state index contributed by atoms with van der Waals surface area (Å²) in [5.74, 6) is -1.48. The van der Waals surface area contributed by atoms with Gasteiger partial charge in [-0.25, -0.2) is 4.39 Å². The van der Waals surface area contributed by atoms with Gasteiger partial charge in [0, 0.05) is 0 Å². The first-order valence-electron chi connectivity index (χ1n) is 7.09. The maximum absolute atomic E-state index is 13.7. The zero-order chi connectivity index (χ0) is 17.7. The first-order chi connectivity index (χ1) is 11.4. The van der Waals surface area contributed by atoms with Crippen LogP contribution in [0.3, 0.4) is 0 Å². The van der Waals surface area contributed by atoms with E-state index >= 15 is 0 Å². The Kier molecular flexibility index (Phi) is 5.76. The number of hydrogen-bond donors (Lipinski definition) is 2. The summed E-state index contributed by atoms with van der Waals surface area (Å²) in [6.45, 7) is 1.54. The zero-order valence-corrected chi connectivity index (χ0v) is 13.9. The molecule has 2 amide bonds. The highest BCUT2D eigenvalue weighted by atomic mass is 35.5. The number of anilines is 1. The van der Waals surface area contributed by atoms with Crippen molar-refractivity contribution in [3.05, 3.63) is 58.4 Å². The van der Waals surface area contributed by atoms with Gasteiger partial charge in [-0.2, -0.15) is 0 Å². The van der Waals surface area contributed by atoms with Crippen molar-refractivity contribution >= 4 is 29.1 Å². The van der Waals surface area contributed by atoms with Crippen LogP contribution in [0.2, 0.25) is 5.02 Å². The number of amides is 2. The second-order valence-electron chi connectivity index (χ2n) is 5.03. The van der Waals surface area contributed by atoms with Crippen LogP contribution < -0.4 is 15.4 Å². The SMILES string of the molecule is COc1ccc(C)cc1NC(=O)CNC(=O)c1c(F)cccc1Cl. The summed E-state index contributed by atoms with van der Waals surface area (Å²) in [4.78, 5) is 24.0. The van der Waals surface area contributed by atoms with Crippen LogP contribution in [0.1, 0.15) is 15.9 Å². The first kappa shape index (κ1) is 17.7. The Morgan fingerprint density at radius 1 is 1.25 bits per heavy atom. The lowest BCUT2D eigenvalue weighted by Crippen LogP contribution is -2.33. The van der Waals surface area contributed by atoms with Crippen LogP contribution in [-0.2, 0) is 4.79 Å². The molecule has 2 rings (SSSR count). The van der Waals surface area contributed by atoms with Gasteiger partial charge in [0.2, 0.25) is 5.91 Å². The minimum Gasteiger partial charge on any atom is -0.495 e. The summed E-state index contributed by atoms with van der Waals surface area (Å²) < 4.78 is 18.8. The molecule has 2 N–H and O–H groups in total. The van der Waals surface area contributed by atoms with Crippen molar-refractivity contribution in [3.63, 3.8) is 0 Å². The summed E-state index contributed by atoms with van der Waals surface area (Å²) >= 11 is 5.81. The Hall–Kier alpha value is -2.60. The summed E-state index contributed by atoms with van der Waals surface area (Å²) in [5, 5.41) is 4.95. The van der Waals surface area contributed by atoms with Gasteiger partial charge in [-0.15, -0.1) is 0 Å². The predicted octanol–water partition coefficient (Wildman–Crippen LogP) is 3.16. The molecule has 0 spiro atoms. The van der Waals surface area contributed by atoms with Crippen LogP contribution in [0.15, 0.2) is 36.4 Å². The third kappa shape index (κ3) is 4.23. The lowest BCUT2D eigenvalue weighted by Gasteiger charge is -2.12. The second-order valence-corrected chi connectivity index (χ2v) is 5.44. The van der Waals surface area contributed by atoms with E-state index in [-0.39, 0.29) is 17.1 Å². The van der Waals surface area contributed by atoms with Crippen molar-refractivity contribution < 1.29 is 18.7 Å². The quantitative estimate of drug-likeness (QED) is 0.870. The zero-order valence-electron chi connectivity index (χ0n) is 13.2. The van der Waals surface area contributed by atoms with Gasteiger partial charge in [-0.1, -0.05) is 23.7 Å². The van der Waals surface area contributed by atoms with Gasteiger partial charge >= 0.3 is 0 Å². The number of nitrogens with one attached hydrogen (secondary N) is 2. The van der Waals surface area contributed by atoms with E-state index < -0.39 is 17.6 Å². The van der Waals surface area contributed by atoms with E-state index in [2.05, 4.69) is 10.6 Å². The standard InChI is InChI=1S/C17H16ClFN2O3/c1-10-6-7-14(24-2)13(8-10)21-15(22)9-20-17(23)16-11(18)4-3-5-12(16)19/h3-8H,9H2,1-2H3,(H,20,23)(H,21,22). The van der Waals surface area contributed by atoms with Crippen molar-refractivity contribution in [1.29, 1.82) is 0 Å². The highest BCUT2D eigenvalue weighted by Crippen LogP contribution is 2.25. The smallest absolute Gasteiger partial charge is 0.256 e. The van der Waals surface area contributed by atoms with Gasteiger partial charge in [-0.05, 0) is 36.8 Å². The summed E-state index contributed by atoms with van der Waals surface area (Å²) in [7, 11) is 1.49. The van der Waals surface area contributed by atoms with E-state index in [4.69, 9.17) is 16.3 Å². The van der Waals surface area contributed by atoms with Gasteiger partial charge in [0.1, 0.15) is 11.6 Å². The Labute approximate surface area is 143 Å². The van der Waals surface area contributed by atoms with Crippen molar-refractivity contribution in [3.8, 4) is 5.75 Å². The fourth-order valence-electron chi connectivity index (χ4n) is 2.08. The van der Waals surface area contributed by atoms with E-state index in [0.29, 0.717) is 11.4 Å². The van der Waals surface area contributed by atoms with E-state index in [1.54, 1.807) is 12.1 Å². The molecule has 0 saturated heterocycles. The van der Waals surface area contributed by atoms with Crippen molar-refractivity contribution in [2.45, 2.75) is 6.92 Å². The van der Waals surface area contributed by atoms with Gasteiger partial charge in [-0.3, -0.25) is 9.59 Å². The molecule has 7 heteroatoms. The molecule has 0 heterocycles. The van der Waals surface area contributed by atoms with Crippen molar-refractivity contribution in [2.24, 2.45) is 0 Å². The molecule has 24 heavy (non-hydrogen) atoms. The van der Waals surface area contributed by atoms with E-state index in [1.807, 2.05) is 13.0 Å². The number of methoxy groups -OCH3 is 1. The van der Waals surface area contributed by atoms with Gasteiger partial charge in [0.05, 0.1) is 29.9 Å². The summed E-state index contributed by atoms with van der Waals surface area (Å²) in [6.07, 6.45) is 0. The largest absolute Gasteiger partial charge is 0.495 e. The van der Waals surface area contributed by atoms with Crippen LogP contribution in [0.4, 0.5) is 10.1 Å². The number of ether oxygens (including phenoxy) is 1. The molecular weight excluding hydrogens is 335 g/mol. The van der Waals surface area contributed by atoms with Gasteiger partial charge in [0.25, 0.3) is 5.91 Å². The molecule has 0 radical (unpaired) electrons. The molecule has 0 fully saturated rings. The van der Waals surface area contributed by atoms with E-state index in [9.17, 15) is 14.0 Å². The number of benzene rings is 2. The molecule has 2 aromatic rings. The van der Waals surface area contributed by atoms with Crippen LogP contribution in [-0.4, -0.2) is 25.5 Å². The maximum Gasteiger partial charge on any atom is 0.256 e. The van der Waals surface area contributed by atoms with Crippen LogP contribution in [0, 0.1) is 12.7 Å². The highest BCUT2D eigenvalue weighted by Gasteiger charge is 2.16. The fourth-order valence-corrected chi connectivity index (χ4v) is 2.33. The van der Waals surface area contributed by atoms with Crippen LogP contribution in [0.5, 0.6) is 5.75 Å². The Bertz CT molecular complexity index is 760. The third-order valence-corrected chi connectivity index (χ3v) is 3.54. The Balaban J connectivity index is 2.01. The molecule has 0 aliphatic heterocycles. The second kappa shape index (κ2) is 7.79. The van der Waals surface area contributed by atoms with Crippen LogP contribution >= 0.6 is 11.6 Å². The molecule has 0 aliphatic rings. The average molecular weight is 351 g/mol. The topological polar surface area (TPSA) is 67.4 Å². The van der Waals surface area contributed by atoms with Crippen molar-refractivity contribution in [2.75, 3.05) is 19.0 Å². The number of aryl methyl sites for hydroxylation is 1. The number of carbonyl (C=O) groups excluding carboxylic acids is 2. The number of hydrogen-bond acceptors (Lipinski definition) is 3.